The van der Waals surface area contributed by atoms with Crippen molar-refractivity contribution in [2.45, 2.75) is 26.4 Å². The summed E-state index contributed by atoms with van der Waals surface area (Å²) in [6.07, 6.45) is 1.50. The number of H-pyrrole nitrogens is 1. The fourth-order valence-corrected chi connectivity index (χ4v) is 5.31. The van der Waals surface area contributed by atoms with E-state index in [-0.39, 0.29) is 11.5 Å². The third-order valence-electron chi connectivity index (χ3n) is 7.44. The number of aryl methyl sites for hydroxylation is 2. The van der Waals surface area contributed by atoms with Crippen molar-refractivity contribution in [3.05, 3.63) is 111 Å². The molecule has 2 aromatic carbocycles. The summed E-state index contributed by atoms with van der Waals surface area (Å²) in [4.78, 5) is 33.6. The second kappa shape index (κ2) is 10.3. The van der Waals surface area contributed by atoms with Gasteiger partial charge in [-0.3, -0.25) is 14.5 Å². The molecule has 0 saturated carbocycles. The molecular weight excluding hydrogens is 494 g/mol. The molecule has 0 spiro atoms. The van der Waals surface area contributed by atoms with Crippen molar-refractivity contribution in [2.75, 3.05) is 26.2 Å². The molecular formula is C29H29N7O3. The summed E-state index contributed by atoms with van der Waals surface area (Å²) in [5.41, 5.74) is 4.37. The van der Waals surface area contributed by atoms with Gasteiger partial charge in [-0.25, -0.2) is 4.68 Å². The van der Waals surface area contributed by atoms with Crippen LogP contribution in [0.2, 0.25) is 0 Å². The maximum absolute atomic E-state index is 13.6. The summed E-state index contributed by atoms with van der Waals surface area (Å²) >= 11 is 0. The molecule has 198 valence electrons. The van der Waals surface area contributed by atoms with E-state index < -0.39 is 6.04 Å². The molecule has 10 nitrogen and oxygen atoms in total. The van der Waals surface area contributed by atoms with Crippen LogP contribution in [0.1, 0.15) is 44.7 Å². The first-order valence-electron chi connectivity index (χ1n) is 13.0. The zero-order valence-electron chi connectivity index (χ0n) is 21.9. The van der Waals surface area contributed by atoms with E-state index in [4.69, 9.17) is 4.42 Å². The van der Waals surface area contributed by atoms with Crippen molar-refractivity contribution in [3.8, 4) is 0 Å². The number of nitrogens with zero attached hydrogens (tertiary/aromatic N) is 6. The average Bonchev–Trinajstić information content (AvgIpc) is 3.65. The Bertz CT molecular complexity index is 1670. The van der Waals surface area contributed by atoms with Gasteiger partial charge in [-0.1, -0.05) is 42.5 Å². The standard InChI is InChI=1S/C29H29N7O3/c1-19-10-11-20(2)25-22(19)17-23(28(37)30-25)26(27-31-32-33-36(27)18-21-7-4-3-5-8-21)34-12-14-35(15-13-34)29(38)24-9-6-16-39-24/h3-11,16-17,26H,12-15,18H2,1-2H3,(H,30,37)/t26-/m1/s1. The first-order valence-corrected chi connectivity index (χ1v) is 13.0. The molecule has 6 rings (SSSR count). The van der Waals surface area contributed by atoms with Crippen LogP contribution in [-0.2, 0) is 6.54 Å². The molecule has 1 amide bonds. The minimum Gasteiger partial charge on any atom is -0.459 e. The van der Waals surface area contributed by atoms with Crippen LogP contribution in [0.25, 0.3) is 10.9 Å². The fraction of sp³-hybridized carbons (Fsp3) is 0.276. The summed E-state index contributed by atoms with van der Waals surface area (Å²) in [6.45, 7) is 6.56. The summed E-state index contributed by atoms with van der Waals surface area (Å²) in [5, 5.41) is 13.7. The van der Waals surface area contributed by atoms with E-state index in [9.17, 15) is 9.59 Å². The van der Waals surface area contributed by atoms with E-state index in [0.717, 1.165) is 27.6 Å². The lowest BCUT2D eigenvalue weighted by Gasteiger charge is -2.38. The van der Waals surface area contributed by atoms with Crippen molar-refractivity contribution in [1.29, 1.82) is 0 Å². The topological polar surface area (TPSA) is 113 Å². The highest BCUT2D eigenvalue weighted by atomic mass is 16.3. The molecule has 0 bridgehead atoms. The number of pyridine rings is 1. The number of amides is 1. The van der Waals surface area contributed by atoms with Gasteiger partial charge in [0.15, 0.2) is 11.6 Å². The Labute approximate surface area is 224 Å². The molecule has 4 heterocycles. The maximum atomic E-state index is 13.6. The number of tetrazole rings is 1. The van der Waals surface area contributed by atoms with Gasteiger partial charge in [0.2, 0.25) is 0 Å². The van der Waals surface area contributed by atoms with E-state index in [1.165, 1.54) is 6.26 Å². The number of carbonyl (C=O) groups excluding carboxylic acids is 1. The van der Waals surface area contributed by atoms with Gasteiger partial charge in [0, 0.05) is 37.1 Å². The number of aromatic amines is 1. The normalized spacial score (nSPS) is 15.1. The first kappa shape index (κ1) is 24.7. The Morgan fingerprint density at radius 3 is 2.51 bits per heavy atom. The lowest BCUT2D eigenvalue weighted by atomic mass is 9.99. The summed E-state index contributed by atoms with van der Waals surface area (Å²) < 4.78 is 7.08. The Balaban J connectivity index is 1.40. The van der Waals surface area contributed by atoms with Gasteiger partial charge >= 0.3 is 0 Å². The summed E-state index contributed by atoms with van der Waals surface area (Å²) in [5.74, 6) is 0.767. The second-order valence-corrected chi connectivity index (χ2v) is 9.93. The number of furan rings is 1. The molecule has 5 aromatic rings. The van der Waals surface area contributed by atoms with Crippen LogP contribution in [0.4, 0.5) is 0 Å². The molecule has 0 unspecified atom stereocenters. The maximum Gasteiger partial charge on any atom is 0.289 e. The predicted molar refractivity (Wildman–Crippen MR) is 145 cm³/mol. The van der Waals surface area contributed by atoms with Gasteiger partial charge in [-0.2, -0.15) is 0 Å². The smallest absolute Gasteiger partial charge is 0.289 e. The highest BCUT2D eigenvalue weighted by Crippen LogP contribution is 2.30. The van der Waals surface area contributed by atoms with E-state index in [2.05, 4.69) is 31.5 Å². The number of nitrogens with one attached hydrogen (secondary N) is 1. The van der Waals surface area contributed by atoms with Crippen molar-refractivity contribution >= 4 is 16.8 Å². The molecule has 0 aliphatic carbocycles. The van der Waals surface area contributed by atoms with Crippen LogP contribution in [-0.4, -0.2) is 67.1 Å². The van der Waals surface area contributed by atoms with Crippen LogP contribution in [0, 0.1) is 13.8 Å². The largest absolute Gasteiger partial charge is 0.459 e. The van der Waals surface area contributed by atoms with Gasteiger partial charge in [0.1, 0.15) is 6.04 Å². The van der Waals surface area contributed by atoms with Gasteiger partial charge in [0.05, 0.1) is 18.3 Å². The quantitative estimate of drug-likeness (QED) is 0.363. The Kier molecular flexibility index (Phi) is 6.54. The number of benzene rings is 2. The van der Waals surface area contributed by atoms with Gasteiger partial charge in [0.25, 0.3) is 11.5 Å². The van der Waals surface area contributed by atoms with Gasteiger partial charge < -0.3 is 14.3 Å². The predicted octanol–water partition coefficient (Wildman–Crippen LogP) is 3.32. The molecule has 1 aliphatic rings. The Morgan fingerprint density at radius 1 is 1.00 bits per heavy atom. The average molecular weight is 524 g/mol. The van der Waals surface area contributed by atoms with Crippen LogP contribution in [0.5, 0.6) is 0 Å². The minimum absolute atomic E-state index is 0.139. The highest BCUT2D eigenvalue weighted by Gasteiger charge is 2.34. The number of piperazine rings is 1. The fourth-order valence-electron chi connectivity index (χ4n) is 5.31. The van der Waals surface area contributed by atoms with Crippen LogP contribution < -0.4 is 5.56 Å². The summed E-state index contributed by atoms with van der Waals surface area (Å²) in [7, 11) is 0. The summed E-state index contributed by atoms with van der Waals surface area (Å²) in [6, 6.07) is 18.9. The minimum atomic E-state index is -0.502. The van der Waals surface area contributed by atoms with Crippen molar-refractivity contribution in [1.82, 2.24) is 35.0 Å². The second-order valence-electron chi connectivity index (χ2n) is 9.93. The van der Waals surface area contributed by atoms with Crippen molar-refractivity contribution < 1.29 is 9.21 Å². The van der Waals surface area contributed by atoms with Gasteiger partial charge in [-0.15, -0.1) is 5.10 Å². The molecule has 1 aliphatic heterocycles. The lowest BCUT2D eigenvalue weighted by molar-refractivity contribution is 0.0558. The van der Waals surface area contributed by atoms with Crippen molar-refractivity contribution in [2.24, 2.45) is 0 Å². The Morgan fingerprint density at radius 2 is 1.77 bits per heavy atom. The SMILES string of the molecule is Cc1ccc(C)c2[nH]c(=O)c([C@H](c3nnnn3Cc3ccccc3)N3CCN(C(=O)c4ccco4)CC3)cc12. The van der Waals surface area contributed by atoms with Gasteiger partial charge in [-0.05, 0) is 59.2 Å². The number of carbonyl (C=O) groups is 1. The van der Waals surface area contributed by atoms with Crippen molar-refractivity contribution in [3.63, 3.8) is 0 Å². The van der Waals surface area contributed by atoms with E-state index in [1.807, 2.05) is 56.3 Å². The molecule has 0 radical (unpaired) electrons. The molecule has 39 heavy (non-hydrogen) atoms. The van der Waals surface area contributed by atoms with Crippen LogP contribution in [0.15, 0.2) is 76.1 Å². The Hall–Kier alpha value is -4.57. The molecule has 1 fully saturated rings. The number of hydrogen-bond donors (Lipinski definition) is 1. The number of aromatic nitrogens is 5. The van der Waals surface area contributed by atoms with E-state index >= 15 is 0 Å². The third-order valence-corrected chi connectivity index (χ3v) is 7.44. The van der Waals surface area contributed by atoms with Crippen LogP contribution >= 0.6 is 0 Å². The monoisotopic (exact) mass is 523 g/mol. The molecule has 3 aromatic heterocycles. The number of rotatable bonds is 6. The zero-order chi connectivity index (χ0) is 26.9. The molecule has 1 N–H and O–H groups in total. The molecule has 1 atom stereocenters. The zero-order valence-corrected chi connectivity index (χ0v) is 21.9. The van der Waals surface area contributed by atoms with E-state index in [0.29, 0.717) is 49.9 Å². The lowest BCUT2D eigenvalue weighted by Crippen LogP contribution is -2.50. The number of hydrogen-bond acceptors (Lipinski definition) is 7. The molecule has 1 saturated heterocycles. The third kappa shape index (κ3) is 4.74. The highest BCUT2D eigenvalue weighted by molar-refractivity contribution is 5.91. The first-order chi connectivity index (χ1) is 19.0. The molecule has 10 heteroatoms. The number of fused-ring (bicyclic) bond motifs is 1. The van der Waals surface area contributed by atoms with E-state index in [1.54, 1.807) is 21.7 Å². The van der Waals surface area contributed by atoms with Crippen LogP contribution in [0.3, 0.4) is 0 Å².